The van der Waals surface area contributed by atoms with Gasteiger partial charge in [0.15, 0.2) is 17.2 Å². The lowest BCUT2D eigenvalue weighted by Gasteiger charge is -2.14. The second kappa shape index (κ2) is 6.48. The van der Waals surface area contributed by atoms with E-state index >= 15 is 0 Å². The summed E-state index contributed by atoms with van der Waals surface area (Å²) in [6.45, 7) is 0.344. The molecule has 0 aliphatic rings. The van der Waals surface area contributed by atoms with Crippen LogP contribution in [0.4, 0.5) is 0 Å². The van der Waals surface area contributed by atoms with Gasteiger partial charge in [-0.05, 0) is 18.2 Å². The van der Waals surface area contributed by atoms with Gasteiger partial charge in [-0.15, -0.1) is 0 Å². The van der Waals surface area contributed by atoms with Crippen LogP contribution >= 0.6 is 0 Å². The molecule has 1 aromatic carbocycles. The Bertz CT molecular complexity index is 693. The standard InChI is InChI=1S/C15H18N2O5/c1-17-12(7-11(16-17)15(18)19)9-5-10(8-20-2)14(22-4)13(6-9)21-3/h5-7H,8H2,1-4H3,(H,18,19). The Hall–Kier alpha value is -2.54. The maximum absolute atomic E-state index is 11.1. The topological polar surface area (TPSA) is 82.8 Å². The number of hydrogen-bond acceptors (Lipinski definition) is 5. The van der Waals surface area contributed by atoms with Crippen molar-refractivity contribution in [2.75, 3.05) is 21.3 Å². The summed E-state index contributed by atoms with van der Waals surface area (Å²) in [6.07, 6.45) is 0. The molecule has 1 N–H and O–H groups in total. The predicted octanol–water partition coefficient (Wildman–Crippen LogP) is 1.95. The van der Waals surface area contributed by atoms with Crippen LogP contribution in [-0.2, 0) is 18.4 Å². The zero-order chi connectivity index (χ0) is 16.3. The maximum atomic E-state index is 11.1. The zero-order valence-corrected chi connectivity index (χ0v) is 12.9. The van der Waals surface area contributed by atoms with E-state index in [-0.39, 0.29) is 5.69 Å². The third kappa shape index (κ3) is 2.89. The predicted molar refractivity (Wildman–Crippen MR) is 79.4 cm³/mol. The minimum Gasteiger partial charge on any atom is -0.493 e. The number of aromatic nitrogens is 2. The summed E-state index contributed by atoms with van der Waals surface area (Å²) in [5, 5.41) is 13.0. The van der Waals surface area contributed by atoms with Crippen LogP contribution in [0.5, 0.6) is 11.5 Å². The molecule has 0 aliphatic heterocycles. The van der Waals surface area contributed by atoms with E-state index < -0.39 is 5.97 Å². The van der Waals surface area contributed by atoms with Crippen molar-refractivity contribution in [3.05, 3.63) is 29.5 Å². The number of ether oxygens (including phenoxy) is 3. The van der Waals surface area contributed by atoms with E-state index in [9.17, 15) is 4.79 Å². The van der Waals surface area contributed by atoms with Crippen molar-refractivity contribution in [3.8, 4) is 22.8 Å². The lowest BCUT2D eigenvalue weighted by molar-refractivity contribution is 0.0689. The summed E-state index contributed by atoms with van der Waals surface area (Å²) in [6, 6.07) is 5.16. The second-order valence-corrected chi connectivity index (χ2v) is 4.65. The van der Waals surface area contributed by atoms with Gasteiger partial charge < -0.3 is 19.3 Å². The fourth-order valence-corrected chi connectivity index (χ4v) is 2.30. The van der Waals surface area contributed by atoms with Gasteiger partial charge in [0.05, 0.1) is 26.5 Å². The van der Waals surface area contributed by atoms with E-state index in [0.717, 1.165) is 11.1 Å². The molecule has 118 valence electrons. The summed E-state index contributed by atoms with van der Waals surface area (Å²) in [5.41, 5.74) is 2.22. The SMILES string of the molecule is COCc1cc(-c2cc(C(=O)O)nn2C)cc(OC)c1OC. The molecule has 0 unspecified atom stereocenters. The third-order valence-electron chi connectivity index (χ3n) is 3.25. The number of rotatable bonds is 6. The van der Waals surface area contributed by atoms with Crippen LogP contribution in [-0.4, -0.2) is 42.2 Å². The van der Waals surface area contributed by atoms with Crippen molar-refractivity contribution < 1.29 is 24.1 Å². The molecule has 1 heterocycles. The second-order valence-electron chi connectivity index (χ2n) is 4.65. The van der Waals surface area contributed by atoms with Crippen LogP contribution < -0.4 is 9.47 Å². The molecule has 22 heavy (non-hydrogen) atoms. The molecule has 2 aromatic rings. The smallest absolute Gasteiger partial charge is 0.356 e. The molecule has 0 saturated carbocycles. The monoisotopic (exact) mass is 306 g/mol. The Morgan fingerprint density at radius 1 is 1.23 bits per heavy atom. The summed E-state index contributed by atoms with van der Waals surface area (Å²) in [7, 11) is 6.38. The number of carbonyl (C=O) groups is 1. The summed E-state index contributed by atoms with van der Waals surface area (Å²) >= 11 is 0. The lowest BCUT2D eigenvalue weighted by Crippen LogP contribution is -2.01. The molecule has 1 aromatic heterocycles. The highest BCUT2D eigenvalue weighted by molar-refractivity contribution is 5.87. The van der Waals surface area contributed by atoms with Gasteiger partial charge in [0, 0.05) is 25.3 Å². The Kier molecular flexibility index (Phi) is 4.67. The number of carboxylic acids is 1. The van der Waals surface area contributed by atoms with E-state index in [1.165, 1.54) is 10.7 Å². The molecular weight excluding hydrogens is 288 g/mol. The fraction of sp³-hybridized carbons (Fsp3) is 0.333. The van der Waals surface area contributed by atoms with Gasteiger partial charge in [0.25, 0.3) is 0 Å². The molecule has 0 saturated heterocycles. The van der Waals surface area contributed by atoms with Crippen LogP contribution in [0.25, 0.3) is 11.3 Å². The average Bonchev–Trinajstić information content (AvgIpc) is 2.89. The summed E-state index contributed by atoms with van der Waals surface area (Å²) in [4.78, 5) is 11.1. The molecule has 2 rings (SSSR count). The average molecular weight is 306 g/mol. The lowest BCUT2D eigenvalue weighted by atomic mass is 10.1. The number of hydrogen-bond donors (Lipinski definition) is 1. The number of carboxylic acid groups (broad SMARTS) is 1. The summed E-state index contributed by atoms with van der Waals surface area (Å²) < 4.78 is 17.4. The molecule has 0 bridgehead atoms. The van der Waals surface area contributed by atoms with Crippen LogP contribution in [0.2, 0.25) is 0 Å². The number of nitrogens with zero attached hydrogens (tertiary/aromatic N) is 2. The van der Waals surface area contributed by atoms with E-state index in [0.29, 0.717) is 23.8 Å². The highest BCUT2D eigenvalue weighted by Gasteiger charge is 2.17. The van der Waals surface area contributed by atoms with Gasteiger partial charge >= 0.3 is 5.97 Å². The van der Waals surface area contributed by atoms with Crippen LogP contribution in [0.3, 0.4) is 0 Å². The van der Waals surface area contributed by atoms with Gasteiger partial charge in [-0.1, -0.05) is 0 Å². The molecule has 0 amide bonds. The number of aromatic carboxylic acids is 1. The maximum Gasteiger partial charge on any atom is 0.356 e. The highest BCUT2D eigenvalue weighted by Crippen LogP contribution is 2.36. The molecule has 0 aliphatic carbocycles. The first-order valence-electron chi connectivity index (χ1n) is 6.53. The van der Waals surface area contributed by atoms with E-state index in [4.69, 9.17) is 19.3 Å². The fourth-order valence-electron chi connectivity index (χ4n) is 2.30. The molecular formula is C15H18N2O5. The first-order valence-corrected chi connectivity index (χ1v) is 6.53. The number of benzene rings is 1. The Balaban J connectivity index is 2.60. The van der Waals surface area contributed by atoms with E-state index in [2.05, 4.69) is 5.10 Å². The Morgan fingerprint density at radius 2 is 1.95 bits per heavy atom. The molecule has 7 heteroatoms. The molecule has 0 fully saturated rings. The zero-order valence-electron chi connectivity index (χ0n) is 12.9. The number of aryl methyl sites for hydroxylation is 1. The first-order chi connectivity index (χ1) is 10.5. The van der Waals surface area contributed by atoms with Crippen molar-refractivity contribution >= 4 is 5.97 Å². The number of methoxy groups -OCH3 is 3. The van der Waals surface area contributed by atoms with Crippen LogP contribution in [0.15, 0.2) is 18.2 Å². The first kappa shape index (κ1) is 15.8. The molecule has 7 nitrogen and oxygen atoms in total. The van der Waals surface area contributed by atoms with Crippen molar-refractivity contribution in [2.45, 2.75) is 6.61 Å². The quantitative estimate of drug-likeness (QED) is 0.878. The minimum atomic E-state index is -1.07. The molecule has 0 radical (unpaired) electrons. The van der Waals surface area contributed by atoms with Crippen molar-refractivity contribution in [1.29, 1.82) is 0 Å². The summed E-state index contributed by atoms with van der Waals surface area (Å²) in [5.74, 6) is 0.0679. The third-order valence-corrected chi connectivity index (χ3v) is 3.25. The van der Waals surface area contributed by atoms with E-state index in [1.807, 2.05) is 6.07 Å². The van der Waals surface area contributed by atoms with E-state index in [1.54, 1.807) is 34.4 Å². The normalized spacial score (nSPS) is 10.5. The van der Waals surface area contributed by atoms with Crippen molar-refractivity contribution in [2.24, 2.45) is 7.05 Å². The highest BCUT2D eigenvalue weighted by atomic mass is 16.5. The Morgan fingerprint density at radius 3 is 2.45 bits per heavy atom. The minimum absolute atomic E-state index is 0.0134. The van der Waals surface area contributed by atoms with Crippen molar-refractivity contribution in [1.82, 2.24) is 9.78 Å². The van der Waals surface area contributed by atoms with Gasteiger partial charge in [-0.25, -0.2) is 4.79 Å². The molecule has 0 atom stereocenters. The Labute approximate surface area is 128 Å². The van der Waals surface area contributed by atoms with Gasteiger partial charge in [0.2, 0.25) is 0 Å². The van der Waals surface area contributed by atoms with Crippen molar-refractivity contribution in [3.63, 3.8) is 0 Å². The van der Waals surface area contributed by atoms with Gasteiger partial charge in [0.1, 0.15) is 0 Å². The van der Waals surface area contributed by atoms with Gasteiger partial charge in [-0.2, -0.15) is 5.10 Å². The van der Waals surface area contributed by atoms with Crippen LogP contribution in [0, 0.1) is 0 Å². The largest absolute Gasteiger partial charge is 0.493 e. The molecule has 0 spiro atoms. The van der Waals surface area contributed by atoms with Crippen LogP contribution in [0.1, 0.15) is 16.1 Å². The van der Waals surface area contributed by atoms with Gasteiger partial charge in [-0.3, -0.25) is 4.68 Å².